The van der Waals surface area contributed by atoms with Crippen molar-refractivity contribution in [3.63, 3.8) is 0 Å². The van der Waals surface area contributed by atoms with Crippen molar-refractivity contribution in [2.75, 3.05) is 6.54 Å². The van der Waals surface area contributed by atoms with E-state index in [4.69, 9.17) is 4.42 Å². The first kappa shape index (κ1) is 14.5. The third-order valence-corrected chi connectivity index (χ3v) is 4.88. The van der Waals surface area contributed by atoms with Crippen molar-refractivity contribution in [1.29, 1.82) is 0 Å². The summed E-state index contributed by atoms with van der Waals surface area (Å²) >= 11 is 0. The van der Waals surface area contributed by atoms with Gasteiger partial charge in [-0.15, -0.1) is 0 Å². The molecule has 1 aromatic carbocycles. The Labute approximate surface area is 135 Å². The third kappa shape index (κ3) is 2.69. The van der Waals surface area contributed by atoms with Gasteiger partial charge in [0.05, 0.1) is 6.26 Å². The molecule has 0 radical (unpaired) electrons. The molecule has 2 atom stereocenters. The van der Waals surface area contributed by atoms with E-state index < -0.39 is 5.60 Å². The minimum Gasteiger partial charge on any atom is -0.466 e. The van der Waals surface area contributed by atoms with Crippen molar-refractivity contribution in [2.45, 2.75) is 37.8 Å². The van der Waals surface area contributed by atoms with Crippen LogP contribution in [0.1, 0.15) is 30.4 Å². The fourth-order valence-corrected chi connectivity index (χ4v) is 3.56. The SMILES string of the molecule is CC(O)(CNC1CCc2[nH]c3ccccc3c2C1)c1ccco1. The second kappa shape index (κ2) is 5.55. The van der Waals surface area contributed by atoms with Gasteiger partial charge >= 0.3 is 0 Å². The van der Waals surface area contributed by atoms with E-state index in [-0.39, 0.29) is 0 Å². The molecule has 0 saturated heterocycles. The van der Waals surface area contributed by atoms with Gasteiger partial charge in [-0.2, -0.15) is 0 Å². The first-order valence-electron chi connectivity index (χ1n) is 8.22. The number of H-pyrrole nitrogens is 1. The molecular weight excluding hydrogens is 288 g/mol. The summed E-state index contributed by atoms with van der Waals surface area (Å²) in [7, 11) is 0. The molecule has 3 N–H and O–H groups in total. The van der Waals surface area contributed by atoms with Crippen LogP contribution in [0.3, 0.4) is 0 Å². The molecule has 1 aliphatic carbocycles. The van der Waals surface area contributed by atoms with Crippen LogP contribution in [-0.4, -0.2) is 22.7 Å². The van der Waals surface area contributed by atoms with Crippen molar-refractivity contribution >= 4 is 10.9 Å². The highest BCUT2D eigenvalue weighted by Crippen LogP contribution is 2.29. The average Bonchev–Trinajstić information content (AvgIpc) is 3.21. The Morgan fingerprint density at radius 3 is 3.00 bits per heavy atom. The molecule has 4 heteroatoms. The Balaban J connectivity index is 1.48. The summed E-state index contributed by atoms with van der Waals surface area (Å²) in [6, 6.07) is 12.5. The standard InChI is InChI=1S/C19H22N2O2/c1-19(22,18-7-4-10-23-18)12-20-13-8-9-17-15(11-13)14-5-2-3-6-16(14)21-17/h2-7,10,13,20-22H,8-9,11-12H2,1H3. The van der Waals surface area contributed by atoms with Gasteiger partial charge in [-0.25, -0.2) is 0 Å². The minimum absolute atomic E-state index is 0.378. The lowest BCUT2D eigenvalue weighted by atomic mass is 9.91. The van der Waals surface area contributed by atoms with Crippen LogP contribution >= 0.6 is 0 Å². The molecule has 4 nitrogen and oxygen atoms in total. The lowest BCUT2D eigenvalue weighted by Crippen LogP contribution is -2.43. The van der Waals surface area contributed by atoms with Gasteiger partial charge in [0.25, 0.3) is 0 Å². The summed E-state index contributed by atoms with van der Waals surface area (Å²) in [5, 5.41) is 15.4. The number of nitrogens with one attached hydrogen (secondary N) is 2. The highest BCUT2D eigenvalue weighted by molar-refractivity contribution is 5.84. The molecule has 0 bridgehead atoms. The predicted molar refractivity (Wildman–Crippen MR) is 90.4 cm³/mol. The van der Waals surface area contributed by atoms with Gasteiger partial charge in [-0.1, -0.05) is 18.2 Å². The van der Waals surface area contributed by atoms with Gasteiger partial charge in [0.1, 0.15) is 11.4 Å². The van der Waals surface area contributed by atoms with Crippen molar-refractivity contribution in [3.8, 4) is 0 Å². The molecule has 2 heterocycles. The maximum Gasteiger partial charge on any atom is 0.136 e. The lowest BCUT2D eigenvalue weighted by Gasteiger charge is -2.28. The van der Waals surface area contributed by atoms with E-state index in [2.05, 4.69) is 34.6 Å². The van der Waals surface area contributed by atoms with E-state index in [1.54, 1.807) is 13.2 Å². The van der Waals surface area contributed by atoms with Gasteiger partial charge in [0.2, 0.25) is 0 Å². The average molecular weight is 310 g/mol. The van der Waals surface area contributed by atoms with E-state index in [1.807, 2.05) is 12.1 Å². The van der Waals surface area contributed by atoms with E-state index in [0.29, 0.717) is 18.3 Å². The van der Waals surface area contributed by atoms with Gasteiger partial charge in [-0.05, 0) is 49.9 Å². The van der Waals surface area contributed by atoms with Crippen molar-refractivity contribution in [2.24, 2.45) is 0 Å². The summed E-state index contributed by atoms with van der Waals surface area (Å²) in [5.41, 5.74) is 3.02. The molecule has 4 rings (SSSR count). The molecule has 3 aromatic rings. The fourth-order valence-electron chi connectivity index (χ4n) is 3.56. The number of rotatable bonds is 4. The number of furan rings is 1. The maximum atomic E-state index is 10.6. The van der Waals surface area contributed by atoms with Crippen LogP contribution in [0.4, 0.5) is 0 Å². The van der Waals surface area contributed by atoms with Crippen LogP contribution in [0.15, 0.2) is 47.1 Å². The molecule has 0 spiro atoms. The Morgan fingerprint density at radius 1 is 1.30 bits per heavy atom. The smallest absolute Gasteiger partial charge is 0.136 e. The molecular formula is C19H22N2O2. The monoisotopic (exact) mass is 310 g/mol. The number of fused-ring (bicyclic) bond motifs is 3. The molecule has 0 saturated carbocycles. The molecule has 23 heavy (non-hydrogen) atoms. The lowest BCUT2D eigenvalue weighted by molar-refractivity contribution is 0.0311. The largest absolute Gasteiger partial charge is 0.466 e. The second-order valence-electron chi connectivity index (χ2n) is 6.70. The first-order valence-corrected chi connectivity index (χ1v) is 8.22. The fraction of sp³-hybridized carbons (Fsp3) is 0.368. The Bertz CT molecular complexity index is 802. The normalized spacial score (nSPS) is 20.3. The number of aromatic nitrogens is 1. The van der Waals surface area contributed by atoms with Crippen LogP contribution < -0.4 is 5.32 Å². The second-order valence-corrected chi connectivity index (χ2v) is 6.70. The molecule has 2 unspecified atom stereocenters. The van der Waals surface area contributed by atoms with Gasteiger partial charge in [0, 0.05) is 29.2 Å². The summed E-state index contributed by atoms with van der Waals surface area (Å²) < 4.78 is 5.34. The predicted octanol–water partition coefficient (Wildman–Crippen LogP) is 3.12. The van der Waals surface area contributed by atoms with E-state index in [0.717, 1.165) is 19.3 Å². The molecule has 0 amide bonds. The highest BCUT2D eigenvalue weighted by atomic mass is 16.4. The summed E-state index contributed by atoms with van der Waals surface area (Å²) in [4.78, 5) is 3.54. The topological polar surface area (TPSA) is 61.2 Å². The molecule has 2 aromatic heterocycles. The van der Waals surface area contributed by atoms with Crippen LogP contribution in [0.2, 0.25) is 0 Å². The first-order chi connectivity index (χ1) is 11.1. The van der Waals surface area contributed by atoms with Crippen LogP contribution in [0.25, 0.3) is 10.9 Å². The number of aryl methyl sites for hydroxylation is 1. The zero-order valence-electron chi connectivity index (χ0n) is 13.3. The summed E-state index contributed by atoms with van der Waals surface area (Å²) in [5.74, 6) is 0.605. The molecule has 0 aliphatic heterocycles. The molecule has 0 fully saturated rings. The number of aromatic amines is 1. The van der Waals surface area contributed by atoms with Crippen LogP contribution in [0, 0.1) is 0 Å². The summed E-state index contributed by atoms with van der Waals surface area (Å²) in [6.45, 7) is 2.28. The third-order valence-electron chi connectivity index (χ3n) is 4.88. The minimum atomic E-state index is -0.982. The number of aliphatic hydroxyl groups is 1. The Hall–Kier alpha value is -2.04. The van der Waals surface area contributed by atoms with Gasteiger partial charge in [0.15, 0.2) is 0 Å². The van der Waals surface area contributed by atoms with Crippen LogP contribution in [0.5, 0.6) is 0 Å². The van der Waals surface area contributed by atoms with Crippen LogP contribution in [-0.2, 0) is 18.4 Å². The molecule has 1 aliphatic rings. The quantitative estimate of drug-likeness (QED) is 0.694. The van der Waals surface area contributed by atoms with E-state index in [1.165, 1.54) is 22.2 Å². The number of hydrogen-bond acceptors (Lipinski definition) is 3. The zero-order valence-corrected chi connectivity index (χ0v) is 13.3. The Kier molecular flexibility index (Phi) is 3.51. The van der Waals surface area contributed by atoms with Crippen molar-refractivity contribution in [1.82, 2.24) is 10.3 Å². The highest BCUT2D eigenvalue weighted by Gasteiger charge is 2.29. The van der Waals surface area contributed by atoms with E-state index >= 15 is 0 Å². The van der Waals surface area contributed by atoms with Crippen molar-refractivity contribution < 1.29 is 9.52 Å². The van der Waals surface area contributed by atoms with E-state index in [9.17, 15) is 5.11 Å². The zero-order chi connectivity index (χ0) is 15.9. The van der Waals surface area contributed by atoms with Crippen molar-refractivity contribution in [3.05, 3.63) is 59.7 Å². The van der Waals surface area contributed by atoms with Gasteiger partial charge < -0.3 is 19.8 Å². The number of benzene rings is 1. The summed E-state index contributed by atoms with van der Waals surface area (Å²) in [6.07, 6.45) is 4.72. The number of hydrogen-bond donors (Lipinski definition) is 3. The molecule has 120 valence electrons. The van der Waals surface area contributed by atoms with Gasteiger partial charge in [-0.3, -0.25) is 0 Å². The Morgan fingerprint density at radius 2 is 2.17 bits per heavy atom. The number of para-hydroxylation sites is 1. The maximum absolute atomic E-state index is 10.6.